The number of amides is 1. The van der Waals surface area contributed by atoms with Crippen LogP contribution >= 0.6 is 11.6 Å². The molecule has 27 heavy (non-hydrogen) atoms. The average molecular weight is 391 g/mol. The third kappa shape index (κ3) is 4.73. The van der Waals surface area contributed by atoms with Gasteiger partial charge >= 0.3 is 0 Å². The predicted molar refractivity (Wildman–Crippen MR) is 99.8 cm³/mol. The van der Waals surface area contributed by atoms with Gasteiger partial charge in [0, 0.05) is 31.2 Å². The van der Waals surface area contributed by atoms with Gasteiger partial charge in [-0.05, 0) is 36.4 Å². The van der Waals surface area contributed by atoms with Gasteiger partial charge in [-0.15, -0.1) is 0 Å². The summed E-state index contributed by atoms with van der Waals surface area (Å²) in [6.07, 6.45) is 0. The topological polar surface area (TPSA) is 59.4 Å². The van der Waals surface area contributed by atoms with Crippen molar-refractivity contribution in [3.63, 3.8) is 0 Å². The Balaban J connectivity index is 1.54. The maximum atomic E-state index is 14.1. The Labute approximate surface area is 160 Å². The summed E-state index contributed by atoms with van der Waals surface area (Å²) >= 11 is 5.82. The molecule has 1 heterocycles. The molecule has 0 bridgehead atoms. The minimum absolute atomic E-state index is 0.0470. The Bertz CT molecular complexity index is 892. The number of nitrogens with zero attached hydrogens (tertiary/aromatic N) is 3. The van der Waals surface area contributed by atoms with Gasteiger partial charge in [0.25, 0.3) is 0 Å². The van der Waals surface area contributed by atoms with Crippen LogP contribution in [0.3, 0.4) is 0 Å². The first-order chi connectivity index (χ1) is 13.0. The molecule has 0 aliphatic carbocycles. The summed E-state index contributed by atoms with van der Waals surface area (Å²) < 4.78 is 27.8. The van der Waals surface area contributed by atoms with Gasteiger partial charge in [0.05, 0.1) is 29.6 Å². The first-order valence-corrected chi connectivity index (χ1v) is 8.76. The largest absolute Gasteiger partial charge is 0.367 e. The van der Waals surface area contributed by atoms with E-state index in [1.807, 2.05) is 15.9 Å². The normalized spacial score (nSPS) is 14.7. The Morgan fingerprint density at radius 3 is 2.52 bits per heavy atom. The molecule has 1 amide bonds. The molecule has 8 heteroatoms. The van der Waals surface area contributed by atoms with Crippen LogP contribution in [0.2, 0.25) is 5.02 Å². The van der Waals surface area contributed by atoms with Gasteiger partial charge in [0.1, 0.15) is 11.6 Å². The van der Waals surface area contributed by atoms with Crippen LogP contribution in [0.15, 0.2) is 36.4 Å². The number of rotatable bonds is 4. The van der Waals surface area contributed by atoms with Crippen LogP contribution in [-0.4, -0.2) is 43.5 Å². The summed E-state index contributed by atoms with van der Waals surface area (Å²) in [6.45, 7) is 2.31. The lowest BCUT2D eigenvalue weighted by Crippen LogP contribution is -2.49. The van der Waals surface area contributed by atoms with Gasteiger partial charge in [-0.3, -0.25) is 9.69 Å². The van der Waals surface area contributed by atoms with Crippen LogP contribution in [0.4, 0.5) is 20.2 Å². The van der Waals surface area contributed by atoms with E-state index in [2.05, 4.69) is 5.32 Å². The Morgan fingerprint density at radius 2 is 1.85 bits per heavy atom. The Kier molecular flexibility index (Phi) is 5.89. The first-order valence-electron chi connectivity index (χ1n) is 8.38. The van der Waals surface area contributed by atoms with Crippen molar-refractivity contribution in [2.75, 3.05) is 42.9 Å². The molecule has 2 aromatic rings. The summed E-state index contributed by atoms with van der Waals surface area (Å²) in [5, 5.41) is 11.7. The maximum absolute atomic E-state index is 14.1. The molecule has 1 aliphatic rings. The number of nitriles is 1. The van der Waals surface area contributed by atoms with Crippen molar-refractivity contribution in [1.29, 1.82) is 5.26 Å². The fourth-order valence-corrected chi connectivity index (χ4v) is 3.14. The van der Waals surface area contributed by atoms with E-state index >= 15 is 0 Å². The molecule has 0 atom stereocenters. The minimum Gasteiger partial charge on any atom is -0.367 e. The zero-order valence-electron chi connectivity index (χ0n) is 14.4. The van der Waals surface area contributed by atoms with Gasteiger partial charge in [0.15, 0.2) is 0 Å². The highest BCUT2D eigenvalue weighted by molar-refractivity contribution is 6.30. The van der Waals surface area contributed by atoms with Crippen molar-refractivity contribution in [2.24, 2.45) is 0 Å². The molecule has 1 aliphatic heterocycles. The van der Waals surface area contributed by atoms with Crippen molar-refractivity contribution in [2.45, 2.75) is 0 Å². The number of hydrogen-bond acceptors (Lipinski definition) is 4. The first kappa shape index (κ1) is 19.1. The van der Waals surface area contributed by atoms with Crippen molar-refractivity contribution in [3.05, 3.63) is 58.6 Å². The number of nitrogens with one attached hydrogen (secondary N) is 1. The SMILES string of the molecule is N#Cc1ccc(N2CCN(CC(=O)Nc3cc(Cl)ccc3F)CC2)c(F)c1. The molecule has 140 valence electrons. The summed E-state index contributed by atoms with van der Waals surface area (Å²) in [5.41, 5.74) is 0.768. The number of carbonyl (C=O) groups excluding carboxylic acids is 1. The van der Waals surface area contributed by atoms with E-state index in [4.69, 9.17) is 16.9 Å². The lowest BCUT2D eigenvalue weighted by atomic mass is 10.2. The third-order valence-electron chi connectivity index (χ3n) is 4.36. The summed E-state index contributed by atoms with van der Waals surface area (Å²) in [5.74, 6) is -1.32. The monoisotopic (exact) mass is 390 g/mol. The molecule has 5 nitrogen and oxygen atoms in total. The molecule has 0 saturated carbocycles. The molecule has 1 N–H and O–H groups in total. The Morgan fingerprint density at radius 1 is 1.11 bits per heavy atom. The lowest BCUT2D eigenvalue weighted by Gasteiger charge is -2.35. The predicted octanol–water partition coefficient (Wildman–Crippen LogP) is 3.25. The molecule has 1 fully saturated rings. The second-order valence-corrected chi connectivity index (χ2v) is 6.65. The van der Waals surface area contributed by atoms with Crippen LogP contribution in [0.25, 0.3) is 0 Å². The average Bonchev–Trinajstić information content (AvgIpc) is 2.65. The zero-order chi connectivity index (χ0) is 19.4. The molecule has 0 radical (unpaired) electrons. The summed E-state index contributed by atoms with van der Waals surface area (Å²) in [7, 11) is 0. The zero-order valence-corrected chi connectivity index (χ0v) is 15.1. The van der Waals surface area contributed by atoms with Gasteiger partial charge in [-0.2, -0.15) is 5.26 Å². The lowest BCUT2D eigenvalue weighted by molar-refractivity contribution is -0.117. The van der Waals surface area contributed by atoms with Crippen LogP contribution in [0, 0.1) is 23.0 Å². The molecular formula is C19H17ClF2N4O. The smallest absolute Gasteiger partial charge is 0.238 e. The second-order valence-electron chi connectivity index (χ2n) is 6.21. The molecule has 1 saturated heterocycles. The number of halogens is 3. The standard InChI is InChI=1S/C19H17ClF2N4O/c20-14-2-3-15(21)17(10-14)24-19(27)12-25-5-7-26(8-6-25)18-4-1-13(11-23)9-16(18)22/h1-4,9-10H,5-8,12H2,(H,24,27). The highest BCUT2D eigenvalue weighted by Crippen LogP contribution is 2.22. The van der Waals surface area contributed by atoms with Crippen LogP contribution in [0.5, 0.6) is 0 Å². The molecule has 0 aromatic heterocycles. The number of benzene rings is 2. The van der Waals surface area contributed by atoms with Crippen molar-refractivity contribution in [1.82, 2.24) is 4.90 Å². The Hall–Kier alpha value is -2.69. The van der Waals surface area contributed by atoms with Gasteiger partial charge in [0.2, 0.25) is 5.91 Å². The molecule has 2 aromatic carbocycles. The summed E-state index contributed by atoms with van der Waals surface area (Å²) in [6, 6.07) is 10.3. The van der Waals surface area contributed by atoms with Gasteiger partial charge in [-0.1, -0.05) is 11.6 Å². The van der Waals surface area contributed by atoms with E-state index in [1.54, 1.807) is 12.1 Å². The number of piperazine rings is 1. The molecular weight excluding hydrogens is 374 g/mol. The van der Waals surface area contributed by atoms with E-state index in [-0.39, 0.29) is 23.7 Å². The van der Waals surface area contributed by atoms with Crippen molar-refractivity contribution in [3.8, 4) is 6.07 Å². The van der Waals surface area contributed by atoms with Crippen molar-refractivity contribution < 1.29 is 13.6 Å². The van der Waals surface area contributed by atoms with E-state index in [0.29, 0.717) is 36.9 Å². The maximum Gasteiger partial charge on any atom is 0.238 e. The second kappa shape index (κ2) is 8.33. The highest BCUT2D eigenvalue weighted by Gasteiger charge is 2.21. The quantitative estimate of drug-likeness (QED) is 0.870. The van der Waals surface area contributed by atoms with Crippen LogP contribution < -0.4 is 10.2 Å². The van der Waals surface area contributed by atoms with Crippen molar-refractivity contribution >= 4 is 28.9 Å². The third-order valence-corrected chi connectivity index (χ3v) is 4.59. The van der Waals surface area contributed by atoms with Gasteiger partial charge in [-0.25, -0.2) is 8.78 Å². The number of carbonyl (C=O) groups is 1. The van der Waals surface area contributed by atoms with E-state index in [0.717, 1.165) is 0 Å². The number of anilines is 2. The fraction of sp³-hybridized carbons (Fsp3) is 0.263. The summed E-state index contributed by atoms with van der Waals surface area (Å²) in [4.78, 5) is 15.9. The highest BCUT2D eigenvalue weighted by atomic mass is 35.5. The fourth-order valence-electron chi connectivity index (χ4n) is 2.97. The van der Waals surface area contributed by atoms with Crippen LogP contribution in [0.1, 0.15) is 5.56 Å². The molecule has 0 unspecified atom stereocenters. The number of hydrogen-bond donors (Lipinski definition) is 1. The minimum atomic E-state index is -0.547. The molecule has 3 rings (SSSR count). The van der Waals surface area contributed by atoms with Crippen LogP contribution in [-0.2, 0) is 4.79 Å². The van der Waals surface area contributed by atoms with E-state index in [1.165, 1.54) is 24.3 Å². The van der Waals surface area contributed by atoms with Gasteiger partial charge < -0.3 is 10.2 Å². The molecule has 0 spiro atoms. The van der Waals surface area contributed by atoms with E-state index < -0.39 is 11.6 Å². The van der Waals surface area contributed by atoms with E-state index in [9.17, 15) is 13.6 Å².